The minimum absolute atomic E-state index is 0.143. The first-order valence-electron chi connectivity index (χ1n) is 5.63. The van der Waals surface area contributed by atoms with Crippen molar-refractivity contribution < 1.29 is 0 Å². The van der Waals surface area contributed by atoms with Crippen LogP contribution < -0.4 is 0 Å². The first-order chi connectivity index (χ1) is 6.24. The first kappa shape index (κ1) is 12.9. The predicted molar refractivity (Wildman–Crippen MR) is 64.7 cm³/mol. The van der Waals surface area contributed by atoms with Gasteiger partial charge in [0.25, 0.3) is 0 Å². The van der Waals surface area contributed by atoms with E-state index in [9.17, 15) is 0 Å². The summed E-state index contributed by atoms with van der Waals surface area (Å²) in [7, 11) is -0.143. The van der Waals surface area contributed by atoms with E-state index in [1.807, 2.05) is 0 Å². The van der Waals surface area contributed by atoms with Crippen molar-refractivity contribution in [3.63, 3.8) is 0 Å². The summed E-state index contributed by atoms with van der Waals surface area (Å²) in [5.74, 6) is 0. The van der Waals surface area contributed by atoms with Gasteiger partial charge in [-0.15, -0.1) is 6.58 Å². The molecule has 0 aliphatic heterocycles. The van der Waals surface area contributed by atoms with Crippen LogP contribution >= 0.6 is 0 Å². The number of unbranched alkanes of at least 4 members (excludes halogenated alkanes) is 1. The average Bonchev–Trinajstić information content (AvgIpc) is 2.14. The molecule has 0 unspecified atom stereocenters. The average molecular weight is 199 g/mol. The molecule has 0 aromatic heterocycles. The van der Waals surface area contributed by atoms with Crippen LogP contribution in [0.2, 0.25) is 0 Å². The van der Waals surface area contributed by atoms with Crippen LogP contribution in [0.1, 0.15) is 46.5 Å². The maximum Gasteiger partial charge on any atom is 0.122 e. The van der Waals surface area contributed by atoms with Crippen molar-refractivity contribution in [3.05, 3.63) is 11.8 Å². The lowest BCUT2D eigenvalue weighted by atomic mass is 10.3. The van der Waals surface area contributed by atoms with Crippen LogP contribution in [0, 0.1) is 0 Å². The number of hydrogen-bond acceptors (Lipinski definition) is 1. The van der Waals surface area contributed by atoms with E-state index >= 15 is 0 Å². The first-order valence-corrected chi connectivity index (χ1v) is 6.97. The van der Waals surface area contributed by atoms with Gasteiger partial charge < -0.3 is 4.57 Å². The summed E-state index contributed by atoms with van der Waals surface area (Å²) in [5.41, 5.74) is 0. The fourth-order valence-corrected chi connectivity index (χ4v) is 3.11. The summed E-state index contributed by atoms with van der Waals surface area (Å²) in [4.78, 5) is 0. The Kier molecular flexibility index (Phi) is 8.46. The molecule has 13 heavy (non-hydrogen) atoms. The molecule has 0 saturated carbocycles. The molecule has 0 amide bonds. The zero-order chi connectivity index (χ0) is 10.1. The van der Waals surface area contributed by atoms with E-state index in [4.69, 9.17) is 0 Å². The van der Waals surface area contributed by atoms with Gasteiger partial charge in [-0.25, -0.2) is 0 Å². The van der Waals surface area contributed by atoms with Crippen molar-refractivity contribution in [1.29, 1.82) is 0 Å². The van der Waals surface area contributed by atoms with E-state index < -0.39 is 0 Å². The number of nitrogens with zero attached hydrogens (tertiary/aromatic N) is 1. The third-order valence-corrected chi connectivity index (χ3v) is 4.34. The molecule has 78 valence electrons. The number of hydrogen-bond donors (Lipinski definition) is 0. The summed E-state index contributed by atoms with van der Waals surface area (Å²) in [5, 5.41) is 1.50. The Morgan fingerprint density at radius 3 is 2.31 bits per heavy atom. The maximum absolute atomic E-state index is 4.12. The van der Waals surface area contributed by atoms with Gasteiger partial charge in [-0.1, -0.05) is 32.4 Å². The second-order valence-corrected chi connectivity index (χ2v) is 5.94. The van der Waals surface area contributed by atoms with Crippen LogP contribution in [0.15, 0.2) is 11.8 Å². The highest BCUT2D eigenvalue weighted by Crippen LogP contribution is 2.01. The van der Waals surface area contributed by atoms with E-state index in [1.165, 1.54) is 44.0 Å². The van der Waals surface area contributed by atoms with E-state index in [-0.39, 0.29) is 9.68 Å². The third kappa shape index (κ3) is 7.02. The van der Waals surface area contributed by atoms with Crippen molar-refractivity contribution >= 4 is 9.68 Å². The molecule has 0 heterocycles. The molecule has 0 rings (SSSR count). The van der Waals surface area contributed by atoms with E-state index in [0.717, 1.165) is 0 Å². The minimum Gasteiger partial charge on any atom is -0.325 e. The van der Waals surface area contributed by atoms with Gasteiger partial charge in [0, 0.05) is 0 Å². The Labute approximate surface area is 86.1 Å². The lowest BCUT2D eigenvalue weighted by Crippen LogP contribution is -2.30. The summed E-state index contributed by atoms with van der Waals surface area (Å²) < 4.78 is 2.66. The Hall–Kier alpha value is -0.0831. The molecule has 0 bridgehead atoms. The largest absolute Gasteiger partial charge is 0.325 e. The van der Waals surface area contributed by atoms with Gasteiger partial charge in [0.2, 0.25) is 0 Å². The molecule has 0 aromatic rings. The highest BCUT2D eigenvalue weighted by Gasteiger charge is 2.04. The second-order valence-electron chi connectivity index (χ2n) is 3.73. The van der Waals surface area contributed by atoms with Crippen LogP contribution in [-0.4, -0.2) is 27.3 Å². The molecule has 0 saturated heterocycles. The molecule has 1 nitrogen and oxygen atoms in total. The zero-order valence-corrected chi connectivity index (χ0v) is 11.0. The van der Waals surface area contributed by atoms with Crippen LogP contribution in [0.4, 0.5) is 0 Å². The predicted octanol–water partition coefficient (Wildman–Crippen LogP) is 2.51. The van der Waals surface area contributed by atoms with Crippen LogP contribution in [0.25, 0.3) is 0 Å². The highest BCUT2D eigenvalue weighted by atomic mass is 28.2. The van der Waals surface area contributed by atoms with Gasteiger partial charge in [0.15, 0.2) is 0 Å². The van der Waals surface area contributed by atoms with Crippen molar-refractivity contribution in [2.75, 3.05) is 13.1 Å². The van der Waals surface area contributed by atoms with Crippen molar-refractivity contribution in [3.8, 4) is 0 Å². The Bertz CT molecular complexity index is 134. The third-order valence-electron chi connectivity index (χ3n) is 2.31. The molecule has 0 aromatic carbocycles. The zero-order valence-electron chi connectivity index (χ0n) is 9.60. The van der Waals surface area contributed by atoms with Gasteiger partial charge in [0.05, 0.1) is 0 Å². The van der Waals surface area contributed by atoms with Crippen LogP contribution in [0.5, 0.6) is 0 Å². The Balaban J connectivity index is 3.71. The highest BCUT2D eigenvalue weighted by molar-refractivity contribution is 6.41. The minimum atomic E-state index is -0.143. The summed E-state index contributed by atoms with van der Waals surface area (Å²) in [6.07, 6.45) is 5.13. The fourth-order valence-electron chi connectivity index (χ4n) is 1.40. The van der Waals surface area contributed by atoms with Gasteiger partial charge in [-0.3, -0.25) is 0 Å². The van der Waals surface area contributed by atoms with Gasteiger partial charge in [-0.2, -0.15) is 0 Å². The molecule has 0 aliphatic rings. The molecule has 0 spiro atoms. The topological polar surface area (TPSA) is 3.24 Å². The SMILES string of the molecule is C=C(CC)[SiH2]N(CCC)CCCC. The molecule has 0 atom stereocenters. The summed E-state index contributed by atoms with van der Waals surface area (Å²) >= 11 is 0. The smallest absolute Gasteiger partial charge is 0.122 e. The van der Waals surface area contributed by atoms with Crippen LogP contribution in [0.3, 0.4) is 0 Å². The Morgan fingerprint density at radius 1 is 1.15 bits per heavy atom. The standard InChI is InChI=1S/C11H25NSi/c1-5-8-10-12(9-6-2)13-11(4)7-3/h4-10,13H2,1-3H3. The fraction of sp³-hybridized carbons (Fsp3) is 0.818. The van der Waals surface area contributed by atoms with E-state index in [0.29, 0.717) is 0 Å². The van der Waals surface area contributed by atoms with Gasteiger partial charge >= 0.3 is 0 Å². The molecular formula is C11H25NSi. The summed E-state index contributed by atoms with van der Waals surface area (Å²) in [6, 6.07) is 0. The van der Waals surface area contributed by atoms with Crippen LogP contribution in [-0.2, 0) is 0 Å². The lowest BCUT2D eigenvalue weighted by Gasteiger charge is -2.21. The van der Waals surface area contributed by atoms with E-state index in [2.05, 4.69) is 31.9 Å². The quantitative estimate of drug-likeness (QED) is 0.543. The second kappa shape index (κ2) is 8.51. The number of rotatable bonds is 8. The Morgan fingerprint density at radius 2 is 1.85 bits per heavy atom. The van der Waals surface area contributed by atoms with Crippen molar-refractivity contribution in [2.45, 2.75) is 46.5 Å². The number of allylic oxidation sites excluding steroid dienone is 1. The molecule has 0 fully saturated rings. The summed E-state index contributed by atoms with van der Waals surface area (Å²) in [6.45, 7) is 13.5. The van der Waals surface area contributed by atoms with E-state index in [1.54, 1.807) is 0 Å². The monoisotopic (exact) mass is 199 g/mol. The molecular weight excluding hydrogens is 174 g/mol. The molecule has 0 radical (unpaired) electrons. The van der Waals surface area contributed by atoms with Gasteiger partial charge in [0.1, 0.15) is 9.68 Å². The normalized spacial score (nSPS) is 11.7. The van der Waals surface area contributed by atoms with Crippen molar-refractivity contribution in [1.82, 2.24) is 4.57 Å². The maximum atomic E-state index is 4.12. The molecule has 0 N–H and O–H groups in total. The van der Waals surface area contributed by atoms with Crippen molar-refractivity contribution in [2.24, 2.45) is 0 Å². The molecule has 2 heteroatoms. The van der Waals surface area contributed by atoms with Gasteiger partial charge in [-0.05, 0) is 32.4 Å². The lowest BCUT2D eigenvalue weighted by molar-refractivity contribution is 0.431. The molecule has 0 aliphatic carbocycles.